The smallest absolute Gasteiger partial charge is 0.244 e. The Bertz CT molecular complexity index is 1200. The number of rotatable bonds is 9. The Balaban J connectivity index is 1.90. The molecule has 0 saturated heterocycles. The minimum Gasteiger partial charge on any atom is -0.352 e. The number of halogens is 2. The van der Waals surface area contributed by atoms with Crippen LogP contribution < -0.4 is 9.62 Å². The van der Waals surface area contributed by atoms with E-state index in [9.17, 15) is 18.0 Å². The standard InChI is InChI=1S/C26H33BrClN3O4S/c1-18-23(28)13-8-14-24(18)31(36(3,34)35)17-25(32)30(16-20-9-7-10-21(27)15-20)19(2)26(33)29-22-11-5-4-6-12-22/h7-10,13-15,19,22H,4-6,11-12,16-17H2,1-3H3,(H,29,33)/t19-/m0/s1. The maximum Gasteiger partial charge on any atom is 0.244 e. The number of sulfonamides is 1. The van der Waals surface area contributed by atoms with Gasteiger partial charge in [-0.2, -0.15) is 0 Å². The van der Waals surface area contributed by atoms with Crippen LogP contribution in [0.15, 0.2) is 46.9 Å². The summed E-state index contributed by atoms with van der Waals surface area (Å²) in [6.45, 7) is 3.10. The first kappa shape index (κ1) is 28.5. The molecule has 0 radical (unpaired) electrons. The molecule has 0 aromatic heterocycles. The molecular formula is C26H33BrClN3O4S. The van der Waals surface area contributed by atoms with Crippen LogP contribution in [0, 0.1) is 6.92 Å². The number of nitrogens with zero attached hydrogens (tertiary/aromatic N) is 2. The van der Waals surface area contributed by atoms with E-state index in [0.29, 0.717) is 16.3 Å². The van der Waals surface area contributed by atoms with Crippen LogP contribution in [0.25, 0.3) is 0 Å². The largest absolute Gasteiger partial charge is 0.352 e. The summed E-state index contributed by atoms with van der Waals surface area (Å²) in [5, 5.41) is 3.49. The Morgan fingerprint density at radius 3 is 2.44 bits per heavy atom. The van der Waals surface area contributed by atoms with Gasteiger partial charge in [0.25, 0.3) is 0 Å². The predicted octanol–water partition coefficient (Wildman–Crippen LogP) is 5.04. The molecule has 3 rings (SSSR count). The third kappa shape index (κ3) is 7.46. The molecule has 0 heterocycles. The van der Waals surface area contributed by atoms with Gasteiger partial charge >= 0.3 is 0 Å². The van der Waals surface area contributed by atoms with Crippen LogP contribution in [0.3, 0.4) is 0 Å². The van der Waals surface area contributed by atoms with Gasteiger partial charge in [0.05, 0.1) is 11.9 Å². The average Bonchev–Trinajstić information content (AvgIpc) is 2.82. The Morgan fingerprint density at radius 2 is 1.81 bits per heavy atom. The first-order valence-corrected chi connectivity index (χ1v) is 15.1. The van der Waals surface area contributed by atoms with Crippen LogP contribution >= 0.6 is 27.5 Å². The summed E-state index contributed by atoms with van der Waals surface area (Å²) in [5.41, 5.74) is 1.71. The molecule has 2 aromatic carbocycles. The van der Waals surface area contributed by atoms with Crippen molar-refractivity contribution in [2.24, 2.45) is 0 Å². The molecule has 1 N–H and O–H groups in total. The van der Waals surface area contributed by atoms with Crippen LogP contribution in [0.2, 0.25) is 5.02 Å². The lowest BCUT2D eigenvalue weighted by Crippen LogP contribution is -2.53. The van der Waals surface area contributed by atoms with E-state index >= 15 is 0 Å². The first-order chi connectivity index (χ1) is 17.0. The van der Waals surface area contributed by atoms with E-state index < -0.39 is 28.5 Å². The van der Waals surface area contributed by atoms with E-state index in [1.54, 1.807) is 32.0 Å². The van der Waals surface area contributed by atoms with Crippen LogP contribution in [0.4, 0.5) is 5.69 Å². The number of benzene rings is 2. The second-order valence-electron chi connectivity index (χ2n) is 9.32. The third-order valence-corrected chi connectivity index (χ3v) is 8.58. The van der Waals surface area contributed by atoms with Crippen molar-refractivity contribution >= 4 is 55.1 Å². The van der Waals surface area contributed by atoms with Crippen molar-refractivity contribution < 1.29 is 18.0 Å². The fourth-order valence-electron chi connectivity index (χ4n) is 4.44. The van der Waals surface area contributed by atoms with Crippen molar-refractivity contribution in [2.45, 2.75) is 64.6 Å². The molecule has 36 heavy (non-hydrogen) atoms. The highest BCUT2D eigenvalue weighted by molar-refractivity contribution is 9.10. The Morgan fingerprint density at radius 1 is 1.14 bits per heavy atom. The van der Waals surface area contributed by atoms with Gasteiger partial charge < -0.3 is 10.2 Å². The molecule has 1 saturated carbocycles. The monoisotopic (exact) mass is 597 g/mol. The van der Waals surface area contributed by atoms with Crippen LogP contribution in [0.1, 0.15) is 50.2 Å². The molecule has 2 amide bonds. The summed E-state index contributed by atoms with van der Waals surface area (Å²) in [6.07, 6.45) is 6.21. The van der Waals surface area contributed by atoms with Crippen molar-refractivity contribution in [3.63, 3.8) is 0 Å². The average molecular weight is 599 g/mol. The van der Waals surface area contributed by atoms with Gasteiger partial charge in [0.2, 0.25) is 21.8 Å². The van der Waals surface area contributed by atoms with Gasteiger partial charge in [-0.15, -0.1) is 0 Å². The van der Waals surface area contributed by atoms with E-state index in [1.165, 1.54) is 11.3 Å². The van der Waals surface area contributed by atoms with E-state index in [1.807, 2.05) is 24.3 Å². The van der Waals surface area contributed by atoms with Crippen LogP contribution in [-0.4, -0.2) is 50.0 Å². The van der Waals surface area contributed by atoms with Gasteiger partial charge in [-0.3, -0.25) is 13.9 Å². The summed E-state index contributed by atoms with van der Waals surface area (Å²) in [6, 6.07) is 11.7. The molecule has 196 valence electrons. The fraction of sp³-hybridized carbons (Fsp3) is 0.462. The molecule has 1 aliphatic rings. The minimum atomic E-state index is -3.81. The minimum absolute atomic E-state index is 0.0955. The highest BCUT2D eigenvalue weighted by atomic mass is 79.9. The second kappa shape index (κ2) is 12.4. The van der Waals surface area contributed by atoms with Gasteiger partial charge in [0.1, 0.15) is 12.6 Å². The molecule has 1 fully saturated rings. The van der Waals surface area contributed by atoms with E-state index in [0.717, 1.165) is 46.3 Å². The quantitative estimate of drug-likeness (QED) is 0.438. The van der Waals surface area contributed by atoms with Crippen LogP contribution in [0.5, 0.6) is 0 Å². The number of hydrogen-bond donors (Lipinski definition) is 1. The molecule has 1 atom stereocenters. The maximum absolute atomic E-state index is 13.7. The van der Waals surface area contributed by atoms with E-state index in [4.69, 9.17) is 11.6 Å². The highest BCUT2D eigenvalue weighted by Gasteiger charge is 2.31. The van der Waals surface area contributed by atoms with Crippen molar-refractivity contribution in [2.75, 3.05) is 17.1 Å². The van der Waals surface area contributed by atoms with Gasteiger partial charge in [-0.1, -0.05) is 65.0 Å². The highest BCUT2D eigenvalue weighted by Crippen LogP contribution is 2.28. The number of amides is 2. The third-order valence-electron chi connectivity index (χ3n) is 6.55. The number of nitrogens with one attached hydrogen (secondary N) is 1. The van der Waals surface area contributed by atoms with Crippen LogP contribution in [-0.2, 0) is 26.2 Å². The fourth-order valence-corrected chi connectivity index (χ4v) is 5.96. The van der Waals surface area contributed by atoms with Gasteiger partial charge in [-0.25, -0.2) is 8.42 Å². The summed E-state index contributed by atoms with van der Waals surface area (Å²) in [4.78, 5) is 28.3. The van der Waals surface area contributed by atoms with Crippen molar-refractivity contribution in [1.29, 1.82) is 0 Å². The zero-order valence-corrected chi connectivity index (χ0v) is 24.0. The normalized spacial score (nSPS) is 15.2. The zero-order valence-electron chi connectivity index (χ0n) is 20.8. The molecule has 2 aromatic rings. The lowest BCUT2D eigenvalue weighted by molar-refractivity contribution is -0.139. The first-order valence-electron chi connectivity index (χ1n) is 12.0. The molecular weight excluding hydrogens is 566 g/mol. The molecule has 10 heteroatoms. The molecule has 0 bridgehead atoms. The second-order valence-corrected chi connectivity index (χ2v) is 12.6. The van der Waals surface area contributed by atoms with Gasteiger partial charge in [0, 0.05) is 22.1 Å². The van der Waals surface area contributed by atoms with Crippen molar-refractivity contribution in [3.8, 4) is 0 Å². The summed E-state index contributed by atoms with van der Waals surface area (Å²) >= 11 is 9.69. The lowest BCUT2D eigenvalue weighted by atomic mass is 9.95. The molecule has 0 unspecified atom stereocenters. The zero-order chi connectivity index (χ0) is 26.5. The Labute approximate surface area is 227 Å². The van der Waals surface area contributed by atoms with E-state index in [2.05, 4.69) is 21.2 Å². The number of anilines is 1. The number of hydrogen-bond acceptors (Lipinski definition) is 4. The summed E-state index contributed by atoms with van der Waals surface area (Å²) in [5.74, 6) is -0.721. The summed E-state index contributed by atoms with van der Waals surface area (Å²) in [7, 11) is -3.81. The Hall–Kier alpha value is -2.10. The molecule has 1 aliphatic carbocycles. The van der Waals surface area contributed by atoms with Crippen molar-refractivity contribution in [3.05, 3.63) is 63.1 Å². The van der Waals surface area contributed by atoms with E-state index in [-0.39, 0.29) is 18.5 Å². The lowest BCUT2D eigenvalue weighted by Gasteiger charge is -2.33. The molecule has 0 spiro atoms. The maximum atomic E-state index is 13.7. The number of carbonyl (C=O) groups is 2. The summed E-state index contributed by atoms with van der Waals surface area (Å²) < 4.78 is 27.4. The SMILES string of the molecule is Cc1c(Cl)cccc1N(CC(=O)N(Cc1cccc(Br)c1)[C@@H](C)C(=O)NC1CCCCC1)S(C)(=O)=O. The van der Waals surface area contributed by atoms with Crippen molar-refractivity contribution in [1.82, 2.24) is 10.2 Å². The topological polar surface area (TPSA) is 86.8 Å². The molecule has 7 nitrogen and oxygen atoms in total. The van der Waals surface area contributed by atoms with Gasteiger partial charge in [0.15, 0.2) is 0 Å². The Kier molecular flexibility index (Phi) is 9.83. The molecule has 0 aliphatic heterocycles. The predicted molar refractivity (Wildman–Crippen MR) is 148 cm³/mol. The van der Waals surface area contributed by atoms with Gasteiger partial charge in [-0.05, 0) is 62.1 Å². The number of carbonyl (C=O) groups excluding carboxylic acids is 2.